The lowest BCUT2D eigenvalue weighted by Crippen LogP contribution is -2.21. The maximum atomic E-state index is 13.0. The van der Waals surface area contributed by atoms with Gasteiger partial charge in [-0.1, -0.05) is 0 Å². The van der Waals surface area contributed by atoms with Gasteiger partial charge in [-0.3, -0.25) is 19.4 Å². The fourth-order valence-electron chi connectivity index (χ4n) is 2.53. The molecular weight excluding hydrogens is 313 g/mol. The number of fused-ring (bicyclic) bond motifs is 1. The Hall–Kier alpha value is -2.39. The molecule has 23 heavy (non-hydrogen) atoms. The molecule has 1 amide bonds. The number of rotatable bonds is 3. The molecule has 0 saturated carbocycles. The zero-order valence-electron chi connectivity index (χ0n) is 12.4. The molecule has 0 bridgehead atoms. The third kappa shape index (κ3) is 2.92. The van der Waals surface area contributed by atoms with Crippen molar-refractivity contribution in [3.05, 3.63) is 23.3 Å². The molecule has 1 aliphatic rings. The topological polar surface area (TPSA) is 77.6 Å². The quantitative estimate of drug-likeness (QED) is 0.936. The number of aryl methyl sites for hydroxylation is 2. The summed E-state index contributed by atoms with van der Waals surface area (Å²) in [6, 6.07) is 0. The van der Waals surface area contributed by atoms with Crippen molar-refractivity contribution in [3.63, 3.8) is 0 Å². The number of carbonyl (C=O) groups is 1. The fraction of sp³-hybridized carbons (Fsp3) is 0.538. The van der Waals surface area contributed by atoms with Crippen molar-refractivity contribution in [1.82, 2.24) is 24.5 Å². The number of nitrogens with one attached hydrogen (secondary N) is 1. The molecule has 0 unspecified atom stereocenters. The van der Waals surface area contributed by atoms with E-state index in [4.69, 9.17) is 0 Å². The van der Waals surface area contributed by atoms with Crippen molar-refractivity contribution in [3.8, 4) is 0 Å². The summed E-state index contributed by atoms with van der Waals surface area (Å²) >= 11 is 0. The van der Waals surface area contributed by atoms with Gasteiger partial charge in [-0.25, -0.2) is 0 Å². The van der Waals surface area contributed by atoms with Crippen LogP contribution in [0.25, 0.3) is 0 Å². The van der Waals surface area contributed by atoms with E-state index in [1.54, 1.807) is 11.5 Å². The van der Waals surface area contributed by atoms with E-state index < -0.39 is 23.3 Å². The number of aromatic nitrogens is 5. The Kier molecular flexibility index (Phi) is 3.82. The van der Waals surface area contributed by atoms with Gasteiger partial charge < -0.3 is 0 Å². The third-order valence-corrected chi connectivity index (χ3v) is 3.68. The Morgan fingerprint density at radius 1 is 1.35 bits per heavy atom. The molecule has 0 saturated heterocycles. The first-order valence-corrected chi connectivity index (χ1v) is 7.28. The van der Waals surface area contributed by atoms with Crippen LogP contribution in [0.15, 0.2) is 6.20 Å². The van der Waals surface area contributed by atoms with E-state index in [-0.39, 0.29) is 12.5 Å². The van der Waals surface area contributed by atoms with Gasteiger partial charge in [0.2, 0.25) is 5.95 Å². The van der Waals surface area contributed by atoms with Gasteiger partial charge in [-0.15, -0.1) is 10.2 Å². The van der Waals surface area contributed by atoms with E-state index in [1.165, 1.54) is 0 Å². The zero-order chi connectivity index (χ0) is 16.6. The number of carbonyl (C=O) groups excluding carboxylic acids is 1. The van der Waals surface area contributed by atoms with Crippen molar-refractivity contribution in [1.29, 1.82) is 0 Å². The maximum Gasteiger partial charge on any atom is 0.435 e. The molecule has 3 rings (SSSR count). The van der Waals surface area contributed by atoms with E-state index in [1.807, 2.05) is 0 Å². The number of hydrogen-bond acceptors (Lipinski definition) is 4. The Bertz CT molecular complexity index is 733. The molecular formula is C13H15F3N6O. The number of amides is 1. The lowest BCUT2D eigenvalue weighted by atomic mass is 10.2. The maximum absolute atomic E-state index is 13.0. The number of hydrogen-bond donors (Lipinski definition) is 1. The molecule has 1 N–H and O–H groups in total. The standard InChI is InChI=1S/C13H15F3N6O/c1-2-21-7-8(10(20-21)13(14,15)16)11(23)17-12-19-18-9-5-3-4-6-22(9)12/h7H,2-6H2,1H3,(H,17,19,23). The monoisotopic (exact) mass is 328 g/mol. The van der Waals surface area contributed by atoms with Crippen molar-refractivity contribution < 1.29 is 18.0 Å². The van der Waals surface area contributed by atoms with Gasteiger partial charge >= 0.3 is 6.18 Å². The van der Waals surface area contributed by atoms with Crippen LogP contribution in [-0.2, 0) is 25.7 Å². The first kappa shape index (κ1) is 15.5. The number of alkyl halides is 3. The van der Waals surface area contributed by atoms with Crippen molar-refractivity contribution >= 4 is 11.9 Å². The molecule has 0 aliphatic carbocycles. The Morgan fingerprint density at radius 2 is 2.13 bits per heavy atom. The average Bonchev–Trinajstić information content (AvgIpc) is 3.11. The molecule has 0 fully saturated rings. The third-order valence-electron chi connectivity index (χ3n) is 3.68. The minimum absolute atomic E-state index is 0.169. The lowest BCUT2D eigenvalue weighted by molar-refractivity contribution is -0.141. The highest BCUT2D eigenvalue weighted by atomic mass is 19.4. The van der Waals surface area contributed by atoms with Crippen LogP contribution in [0.3, 0.4) is 0 Å². The molecule has 7 nitrogen and oxygen atoms in total. The number of anilines is 1. The molecule has 3 heterocycles. The summed E-state index contributed by atoms with van der Waals surface area (Å²) in [7, 11) is 0. The normalized spacial score (nSPS) is 14.6. The zero-order valence-corrected chi connectivity index (χ0v) is 12.4. The smallest absolute Gasteiger partial charge is 0.297 e. The molecule has 0 aromatic carbocycles. The first-order chi connectivity index (χ1) is 10.9. The van der Waals surface area contributed by atoms with Gasteiger partial charge in [0.15, 0.2) is 5.69 Å². The number of halogens is 3. The van der Waals surface area contributed by atoms with Crippen molar-refractivity contribution in [2.75, 3.05) is 5.32 Å². The van der Waals surface area contributed by atoms with Crippen LogP contribution in [0, 0.1) is 0 Å². The Labute approximate surface area is 129 Å². The minimum Gasteiger partial charge on any atom is -0.297 e. The average molecular weight is 328 g/mol. The summed E-state index contributed by atoms with van der Waals surface area (Å²) in [6.07, 6.45) is -0.976. The summed E-state index contributed by atoms with van der Waals surface area (Å²) in [4.78, 5) is 12.2. The molecule has 0 radical (unpaired) electrons. The largest absolute Gasteiger partial charge is 0.435 e. The highest BCUT2D eigenvalue weighted by molar-refractivity contribution is 6.04. The van der Waals surface area contributed by atoms with Gasteiger partial charge in [-0.05, 0) is 19.8 Å². The first-order valence-electron chi connectivity index (χ1n) is 7.28. The van der Waals surface area contributed by atoms with Crippen molar-refractivity contribution in [2.45, 2.75) is 45.5 Å². The van der Waals surface area contributed by atoms with Crippen LogP contribution < -0.4 is 5.32 Å². The van der Waals surface area contributed by atoms with E-state index in [0.717, 1.165) is 36.0 Å². The molecule has 10 heteroatoms. The summed E-state index contributed by atoms with van der Waals surface area (Å²) in [6.45, 7) is 2.51. The van der Waals surface area contributed by atoms with E-state index in [2.05, 4.69) is 20.6 Å². The van der Waals surface area contributed by atoms with Crippen LogP contribution in [0.2, 0.25) is 0 Å². The summed E-state index contributed by atoms with van der Waals surface area (Å²) in [5.74, 6) is 0.00622. The molecule has 0 atom stereocenters. The fourth-order valence-corrected chi connectivity index (χ4v) is 2.53. The predicted octanol–water partition coefficient (Wildman–Crippen LogP) is 2.10. The minimum atomic E-state index is -4.70. The molecule has 1 aliphatic heterocycles. The van der Waals surface area contributed by atoms with Crippen LogP contribution >= 0.6 is 0 Å². The van der Waals surface area contributed by atoms with Gasteiger partial charge in [-0.2, -0.15) is 18.3 Å². The van der Waals surface area contributed by atoms with Crippen LogP contribution in [0.1, 0.15) is 41.6 Å². The van der Waals surface area contributed by atoms with Crippen LogP contribution in [-0.4, -0.2) is 30.5 Å². The number of nitrogens with zero attached hydrogens (tertiary/aromatic N) is 5. The second-order valence-electron chi connectivity index (χ2n) is 5.25. The molecule has 0 spiro atoms. The molecule has 2 aromatic rings. The molecule has 124 valence electrons. The van der Waals surface area contributed by atoms with Gasteiger partial charge in [0, 0.05) is 25.7 Å². The van der Waals surface area contributed by atoms with Crippen LogP contribution in [0.4, 0.5) is 19.1 Å². The van der Waals surface area contributed by atoms with Crippen molar-refractivity contribution in [2.24, 2.45) is 0 Å². The highest BCUT2D eigenvalue weighted by Crippen LogP contribution is 2.31. The second-order valence-corrected chi connectivity index (χ2v) is 5.25. The SMILES string of the molecule is CCn1cc(C(=O)Nc2nnc3n2CCCC3)c(C(F)(F)F)n1. The Morgan fingerprint density at radius 3 is 2.83 bits per heavy atom. The van der Waals surface area contributed by atoms with E-state index in [0.29, 0.717) is 6.54 Å². The lowest BCUT2D eigenvalue weighted by Gasteiger charge is -2.14. The summed E-state index contributed by atoms with van der Waals surface area (Å²) in [5, 5.41) is 13.6. The predicted molar refractivity (Wildman–Crippen MR) is 73.8 cm³/mol. The van der Waals surface area contributed by atoms with E-state index in [9.17, 15) is 18.0 Å². The summed E-state index contributed by atoms with van der Waals surface area (Å²) in [5.41, 5.74) is -1.72. The Balaban J connectivity index is 1.89. The van der Waals surface area contributed by atoms with Crippen LogP contribution in [0.5, 0.6) is 0 Å². The summed E-state index contributed by atoms with van der Waals surface area (Å²) < 4.78 is 41.9. The van der Waals surface area contributed by atoms with Gasteiger partial charge in [0.25, 0.3) is 5.91 Å². The highest BCUT2D eigenvalue weighted by Gasteiger charge is 2.39. The molecule has 2 aromatic heterocycles. The van der Waals surface area contributed by atoms with Gasteiger partial charge in [0.05, 0.1) is 5.56 Å². The second kappa shape index (κ2) is 5.67. The van der Waals surface area contributed by atoms with E-state index >= 15 is 0 Å². The van der Waals surface area contributed by atoms with Gasteiger partial charge in [0.1, 0.15) is 5.82 Å².